The number of carbonyl (C=O) groups excluding carboxylic acids is 2. The van der Waals surface area contributed by atoms with E-state index in [1.807, 2.05) is 72.0 Å². The third-order valence-corrected chi connectivity index (χ3v) is 12.2. The van der Waals surface area contributed by atoms with E-state index in [-0.39, 0.29) is 66.3 Å². The first-order chi connectivity index (χ1) is 23.8. The van der Waals surface area contributed by atoms with Crippen molar-refractivity contribution >= 4 is 81.4 Å². The maximum absolute atomic E-state index is 12.9. The van der Waals surface area contributed by atoms with E-state index in [2.05, 4.69) is 41.2 Å². The molecule has 0 spiro atoms. The van der Waals surface area contributed by atoms with Crippen molar-refractivity contribution in [3.63, 3.8) is 0 Å². The Morgan fingerprint density at radius 2 is 1.43 bits per heavy atom. The number of nitrogens with zero attached hydrogens (tertiary/aromatic N) is 7. The molecule has 0 bridgehead atoms. The van der Waals surface area contributed by atoms with E-state index < -0.39 is 0 Å². The van der Waals surface area contributed by atoms with Gasteiger partial charge in [0, 0.05) is 0 Å². The van der Waals surface area contributed by atoms with Crippen LogP contribution in [0.3, 0.4) is 0 Å². The number of methoxy groups -OCH3 is 1. The number of hydrogen-bond donors (Lipinski definition) is 4. The molecule has 1 saturated heterocycles. The summed E-state index contributed by atoms with van der Waals surface area (Å²) in [7, 11) is 5.55. The zero-order chi connectivity index (χ0) is 34.1. The summed E-state index contributed by atoms with van der Waals surface area (Å²) in [4.78, 5) is 28.1. The summed E-state index contributed by atoms with van der Waals surface area (Å²) < 4.78 is 12.3. The van der Waals surface area contributed by atoms with Crippen LogP contribution in [-0.4, -0.2) is 102 Å². The van der Waals surface area contributed by atoms with Crippen molar-refractivity contribution in [2.24, 2.45) is 14.1 Å². The molecular weight excluding hydrogens is 758 g/mol. The van der Waals surface area contributed by atoms with Crippen molar-refractivity contribution in [2.75, 3.05) is 41.0 Å². The molecule has 0 atom stereocenters. The Kier molecular flexibility index (Phi) is 9.57. The van der Waals surface area contributed by atoms with E-state index in [1.165, 1.54) is 0 Å². The Balaban J connectivity index is 0.885. The molecule has 2 aromatic carbocycles. The van der Waals surface area contributed by atoms with Gasteiger partial charge in [0.05, 0.1) is 0 Å². The van der Waals surface area contributed by atoms with Crippen LogP contribution in [-0.2, 0) is 43.1 Å². The van der Waals surface area contributed by atoms with Crippen molar-refractivity contribution in [1.29, 1.82) is 0 Å². The van der Waals surface area contributed by atoms with E-state index in [0.29, 0.717) is 9.38 Å². The number of rotatable bonds is 11. The molecule has 16 heteroatoms. The van der Waals surface area contributed by atoms with E-state index in [4.69, 9.17) is 4.74 Å². The number of aryl methyl sites for hydroxylation is 2. The molecule has 1 aliphatic heterocycles. The van der Waals surface area contributed by atoms with Crippen molar-refractivity contribution in [3.05, 3.63) is 65.5 Å². The number of piperidine rings is 1. The van der Waals surface area contributed by atoms with Crippen LogP contribution in [0.4, 0.5) is 18.8 Å². The summed E-state index contributed by atoms with van der Waals surface area (Å²) in [6.45, 7) is 1.59. The zero-order valence-electron chi connectivity index (χ0n) is 27.3. The third-order valence-electron chi connectivity index (χ3n) is 8.73. The number of nitrogens with one attached hydrogen (secondary N) is 3. The van der Waals surface area contributed by atoms with Gasteiger partial charge < -0.3 is 0 Å². The van der Waals surface area contributed by atoms with Crippen LogP contribution in [0.5, 0.6) is 5.75 Å². The Hall–Kier alpha value is -4.46. The van der Waals surface area contributed by atoms with Crippen LogP contribution < -0.4 is 25.6 Å². The SMILES string of the molecule is COc1ccc2c(c1)c(CC(=O)Nc1nnc(NC3CCN(c4nnc(NC(=O)Cc5cn(C)c6ccc(CO)cc56)[se]4)CC3)[se]1)cn2C. The number of aliphatic hydroxyl groups excluding tert-OH is 1. The molecule has 254 valence electrons. The molecular formula is C33H36N10O4Se2. The summed E-state index contributed by atoms with van der Waals surface area (Å²) in [5.74, 6) is 0.501. The number of aromatic nitrogens is 6. The van der Waals surface area contributed by atoms with Crippen LogP contribution in [0.25, 0.3) is 21.8 Å². The van der Waals surface area contributed by atoms with E-state index in [0.717, 1.165) is 79.6 Å². The van der Waals surface area contributed by atoms with Crippen LogP contribution in [0.2, 0.25) is 0 Å². The Bertz CT molecular complexity index is 2140. The molecule has 4 N–H and O–H groups in total. The minimum atomic E-state index is -0.207. The molecule has 0 saturated carbocycles. The van der Waals surface area contributed by atoms with Crippen molar-refractivity contribution in [3.8, 4) is 5.75 Å². The number of fused-ring (bicyclic) bond motifs is 2. The number of anilines is 4. The number of aliphatic hydroxyl groups is 1. The summed E-state index contributed by atoms with van der Waals surface area (Å²) in [6.07, 6.45) is 6.18. The van der Waals surface area contributed by atoms with E-state index >= 15 is 0 Å². The molecule has 14 nitrogen and oxygen atoms in total. The molecule has 49 heavy (non-hydrogen) atoms. The molecule has 1 aliphatic rings. The van der Waals surface area contributed by atoms with Gasteiger partial charge >= 0.3 is 295 Å². The van der Waals surface area contributed by atoms with Crippen LogP contribution in [0, 0.1) is 0 Å². The average molecular weight is 795 g/mol. The van der Waals surface area contributed by atoms with Gasteiger partial charge in [-0.25, -0.2) is 0 Å². The van der Waals surface area contributed by atoms with Crippen molar-refractivity contribution in [1.82, 2.24) is 29.5 Å². The summed E-state index contributed by atoms with van der Waals surface area (Å²) in [6, 6.07) is 11.9. The monoisotopic (exact) mass is 796 g/mol. The second-order valence-electron chi connectivity index (χ2n) is 12.1. The fraction of sp³-hybridized carbons (Fsp3) is 0.333. The van der Waals surface area contributed by atoms with Gasteiger partial charge in [-0.3, -0.25) is 0 Å². The molecule has 5 heterocycles. The van der Waals surface area contributed by atoms with Gasteiger partial charge in [0.25, 0.3) is 0 Å². The molecule has 7 rings (SSSR count). The van der Waals surface area contributed by atoms with Gasteiger partial charge in [-0.15, -0.1) is 0 Å². The second kappa shape index (κ2) is 14.2. The number of benzene rings is 2. The number of carbonyl (C=O) groups is 2. The van der Waals surface area contributed by atoms with E-state index in [9.17, 15) is 14.7 Å². The topological polar surface area (TPSA) is 164 Å². The van der Waals surface area contributed by atoms with Gasteiger partial charge in [0.15, 0.2) is 0 Å². The normalized spacial score (nSPS) is 13.7. The first kappa shape index (κ1) is 33.1. The van der Waals surface area contributed by atoms with Gasteiger partial charge in [-0.2, -0.15) is 0 Å². The molecule has 0 aliphatic carbocycles. The first-order valence-electron chi connectivity index (χ1n) is 15.8. The molecule has 0 radical (unpaired) electrons. The van der Waals surface area contributed by atoms with Crippen LogP contribution in [0.15, 0.2) is 48.8 Å². The Morgan fingerprint density at radius 3 is 2.08 bits per heavy atom. The van der Waals surface area contributed by atoms with E-state index in [1.54, 1.807) is 7.11 Å². The second-order valence-corrected chi connectivity index (χ2v) is 16.1. The first-order valence-corrected chi connectivity index (χ1v) is 19.3. The molecule has 4 aromatic heterocycles. The van der Waals surface area contributed by atoms with Gasteiger partial charge in [-0.05, 0) is 0 Å². The Labute approximate surface area is 294 Å². The van der Waals surface area contributed by atoms with Crippen molar-refractivity contribution in [2.45, 2.75) is 38.3 Å². The predicted octanol–water partition coefficient (Wildman–Crippen LogP) is 2.31. The van der Waals surface area contributed by atoms with Gasteiger partial charge in [-0.1, -0.05) is 0 Å². The summed E-state index contributed by atoms with van der Waals surface area (Å²) >= 11 is -0.391. The molecule has 0 unspecified atom stereocenters. The zero-order valence-corrected chi connectivity index (χ0v) is 30.7. The van der Waals surface area contributed by atoms with Crippen LogP contribution >= 0.6 is 0 Å². The Morgan fingerprint density at radius 1 is 0.837 bits per heavy atom. The summed E-state index contributed by atoms with van der Waals surface area (Å²) in [5, 5.41) is 38.2. The number of ether oxygens (including phenoxy) is 1. The quantitative estimate of drug-likeness (QED) is 0.143. The van der Waals surface area contributed by atoms with Crippen LogP contribution in [0.1, 0.15) is 29.5 Å². The van der Waals surface area contributed by atoms with Gasteiger partial charge in [0.2, 0.25) is 0 Å². The molecule has 6 aromatic rings. The predicted molar refractivity (Wildman–Crippen MR) is 190 cm³/mol. The molecule has 2 amide bonds. The fourth-order valence-electron chi connectivity index (χ4n) is 6.27. The number of amides is 2. The third kappa shape index (κ3) is 7.29. The summed E-state index contributed by atoms with van der Waals surface area (Å²) in [5.41, 5.74) is 4.71. The minimum absolute atomic E-state index is 0.0431. The van der Waals surface area contributed by atoms with Crippen molar-refractivity contribution < 1.29 is 19.4 Å². The standard InChI is InChI=1S/C33H36N10O4Se2/c1-41-16-20(24-12-19(18-44)4-6-26(24)41)13-29(46)36-32-39-40-33(49-32)43-10-8-22(9-11-43)34-30-37-38-31(48-30)35-28(45)14-21-17-42(2)27-7-5-23(47-3)15-25(21)27/h4-7,12,15-17,22,44H,8-11,13-14,18H2,1-3H3,(H,34,37)(H,35,38,45)(H,36,39,46). The average Bonchev–Trinajstić information content (AvgIpc) is 3.88. The maximum atomic E-state index is 12.9. The molecule has 1 fully saturated rings. The number of hydrogen-bond acceptors (Lipinski definition) is 10. The van der Waals surface area contributed by atoms with Gasteiger partial charge in [0.1, 0.15) is 0 Å². The fourth-order valence-corrected chi connectivity index (χ4v) is 9.52.